The molecular formula is C8H7BrF2. The van der Waals surface area contributed by atoms with Gasteiger partial charge in [0.2, 0.25) is 0 Å². The summed E-state index contributed by atoms with van der Waals surface area (Å²) in [6.45, 7) is 3.29. The van der Waals surface area contributed by atoms with Crippen molar-refractivity contribution < 1.29 is 8.78 Å². The maximum atomic E-state index is 12.8. The minimum atomic E-state index is -0.812. The fourth-order valence-electron chi connectivity index (χ4n) is 0.804. The van der Waals surface area contributed by atoms with Crippen LogP contribution >= 0.6 is 15.9 Å². The molecule has 0 radical (unpaired) electrons. The van der Waals surface area contributed by atoms with E-state index in [-0.39, 0.29) is 4.47 Å². The van der Waals surface area contributed by atoms with E-state index in [9.17, 15) is 8.78 Å². The zero-order valence-corrected chi connectivity index (χ0v) is 7.80. The molecule has 11 heavy (non-hydrogen) atoms. The molecule has 0 aliphatic rings. The van der Waals surface area contributed by atoms with E-state index < -0.39 is 11.6 Å². The zero-order valence-electron chi connectivity index (χ0n) is 6.21. The van der Waals surface area contributed by atoms with E-state index in [4.69, 9.17) is 0 Å². The minimum Gasteiger partial charge on any atom is -0.203 e. The lowest BCUT2D eigenvalue weighted by atomic mass is 10.1. The predicted octanol–water partition coefficient (Wildman–Crippen LogP) is 3.34. The van der Waals surface area contributed by atoms with E-state index in [0.29, 0.717) is 5.56 Å². The lowest BCUT2D eigenvalue weighted by Crippen LogP contribution is -1.93. The van der Waals surface area contributed by atoms with Crippen LogP contribution in [0.15, 0.2) is 10.5 Å². The monoisotopic (exact) mass is 220 g/mol. The second-order valence-electron chi connectivity index (χ2n) is 2.43. The fraction of sp³-hybridized carbons (Fsp3) is 0.250. The third kappa shape index (κ3) is 1.43. The highest BCUT2D eigenvalue weighted by atomic mass is 79.9. The summed E-state index contributed by atoms with van der Waals surface area (Å²) in [5, 5.41) is 0. The summed E-state index contributed by atoms with van der Waals surface area (Å²) >= 11 is 2.92. The van der Waals surface area contributed by atoms with Gasteiger partial charge in [-0.05, 0) is 47.0 Å². The second kappa shape index (κ2) is 2.89. The van der Waals surface area contributed by atoms with Gasteiger partial charge in [0, 0.05) is 0 Å². The summed E-state index contributed by atoms with van der Waals surface area (Å²) in [5.74, 6) is -1.58. The highest BCUT2D eigenvalue weighted by Gasteiger charge is 2.10. The summed E-state index contributed by atoms with van der Waals surface area (Å²) in [7, 11) is 0. The molecule has 0 saturated carbocycles. The van der Waals surface area contributed by atoms with E-state index in [0.717, 1.165) is 5.56 Å². The Hall–Kier alpha value is -0.440. The quantitative estimate of drug-likeness (QED) is 0.589. The third-order valence-corrected chi connectivity index (χ3v) is 2.24. The Kier molecular flexibility index (Phi) is 2.28. The minimum absolute atomic E-state index is 0.179. The van der Waals surface area contributed by atoms with Crippen LogP contribution in [0.5, 0.6) is 0 Å². The van der Waals surface area contributed by atoms with Crippen molar-refractivity contribution in [3.8, 4) is 0 Å². The van der Waals surface area contributed by atoms with Crippen molar-refractivity contribution in [1.29, 1.82) is 0 Å². The third-order valence-electron chi connectivity index (χ3n) is 1.67. The molecule has 60 valence electrons. The fourth-order valence-corrected chi connectivity index (χ4v) is 1.32. The van der Waals surface area contributed by atoms with Crippen molar-refractivity contribution in [2.45, 2.75) is 13.8 Å². The Morgan fingerprint density at radius 1 is 1.18 bits per heavy atom. The van der Waals surface area contributed by atoms with Gasteiger partial charge >= 0.3 is 0 Å². The molecule has 0 nitrogen and oxygen atoms in total. The molecule has 0 atom stereocenters. The van der Waals surface area contributed by atoms with Gasteiger partial charge in [0.25, 0.3) is 0 Å². The first-order chi connectivity index (χ1) is 5.04. The molecule has 0 N–H and O–H groups in total. The highest BCUT2D eigenvalue weighted by Crippen LogP contribution is 2.23. The molecule has 0 aliphatic carbocycles. The maximum absolute atomic E-state index is 12.8. The lowest BCUT2D eigenvalue weighted by Gasteiger charge is -2.03. The number of hydrogen-bond donors (Lipinski definition) is 0. The first-order valence-electron chi connectivity index (χ1n) is 3.14. The average Bonchev–Trinajstić information content (AvgIpc) is 1.97. The molecule has 1 aromatic rings. The van der Waals surface area contributed by atoms with E-state index >= 15 is 0 Å². The van der Waals surface area contributed by atoms with Gasteiger partial charge in [-0.3, -0.25) is 0 Å². The molecule has 0 heterocycles. The first kappa shape index (κ1) is 8.65. The Morgan fingerprint density at radius 3 is 2.27 bits per heavy atom. The van der Waals surface area contributed by atoms with Crippen molar-refractivity contribution in [2.24, 2.45) is 0 Å². The number of hydrogen-bond acceptors (Lipinski definition) is 0. The standard InChI is InChI=1S/C8H7BrF2/c1-4-3-6(9)8(11)7(10)5(4)2/h3H,1-2H3. The van der Waals surface area contributed by atoms with Crippen molar-refractivity contribution in [3.63, 3.8) is 0 Å². The molecule has 0 spiro atoms. The van der Waals surface area contributed by atoms with Crippen molar-refractivity contribution in [3.05, 3.63) is 33.3 Å². The van der Waals surface area contributed by atoms with Crippen LogP contribution in [0.25, 0.3) is 0 Å². The highest BCUT2D eigenvalue weighted by molar-refractivity contribution is 9.10. The number of aryl methyl sites for hydroxylation is 1. The van der Waals surface area contributed by atoms with Crippen LogP contribution in [0.3, 0.4) is 0 Å². The molecular weight excluding hydrogens is 214 g/mol. The summed E-state index contributed by atoms with van der Waals surface area (Å²) in [6, 6.07) is 1.56. The molecule has 0 saturated heterocycles. The molecule has 0 fully saturated rings. The van der Waals surface area contributed by atoms with Gasteiger partial charge in [-0.2, -0.15) is 0 Å². The SMILES string of the molecule is Cc1cc(Br)c(F)c(F)c1C. The summed E-state index contributed by atoms with van der Waals surface area (Å²) in [4.78, 5) is 0. The lowest BCUT2D eigenvalue weighted by molar-refractivity contribution is 0.497. The van der Waals surface area contributed by atoms with Crippen LogP contribution in [0.2, 0.25) is 0 Å². The number of benzene rings is 1. The van der Waals surface area contributed by atoms with Crippen molar-refractivity contribution in [1.82, 2.24) is 0 Å². The molecule has 3 heteroatoms. The van der Waals surface area contributed by atoms with E-state index in [1.807, 2.05) is 0 Å². The number of halogens is 3. The smallest absolute Gasteiger partial charge is 0.173 e. The van der Waals surface area contributed by atoms with Crippen LogP contribution in [0.4, 0.5) is 8.78 Å². The summed E-state index contributed by atoms with van der Waals surface area (Å²) < 4.78 is 25.8. The van der Waals surface area contributed by atoms with Gasteiger partial charge in [-0.25, -0.2) is 8.78 Å². The first-order valence-corrected chi connectivity index (χ1v) is 3.94. The Balaban J connectivity index is 3.46. The largest absolute Gasteiger partial charge is 0.203 e. The molecule has 1 aromatic carbocycles. The Labute approximate surface area is 72.4 Å². The summed E-state index contributed by atoms with van der Waals surface area (Å²) in [6.07, 6.45) is 0. The van der Waals surface area contributed by atoms with Crippen LogP contribution in [-0.4, -0.2) is 0 Å². The van der Waals surface area contributed by atoms with Crippen LogP contribution < -0.4 is 0 Å². The molecule has 0 amide bonds. The van der Waals surface area contributed by atoms with E-state index in [2.05, 4.69) is 15.9 Å². The molecule has 0 unspecified atom stereocenters. The van der Waals surface area contributed by atoms with Gasteiger partial charge in [-0.15, -0.1) is 0 Å². The molecule has 0 aliphatic heterocycles. The van der Waals surface area contributed by atoms with Gasteiger partial charge in [0.1, 0.15) is 0 Å². The van der Waals surface area contributed by atoms with E-state index in [1.165, 1.54) is 0 Å². The van der Waals surface area contributed by atoms with Gasteiger partial charge in [0.05, 0.1) is 4.47 Å². The normalized spacial score (nSPS) is 10.3. The molecule has 0 aromatic heterocycles. The van der Waals surface area contributed by atoms with Gasteiger partial charge in [0.15, 0.2) is 11.6 Å². The van der Waals surface area contributed by atoms with Crippen LogP contribution in [-0.2, 0) is 0 Å². The van der Waals surface area contributed by atoms with Crippen molar-refractivity contribution >= 4 is 15.9 Å². The van der Waals surface area contributed by atoms with Crippen LogP contribution in [0, 0.1) is 25.5 Å². The second-order valence-corrected chi connectivity index (χ2v) is 3.28. The maximum Gasteiger partial charge on any atom is 0.173 e. The van der Waals surface area contributed by atoms with Gasteiger partial charge < -0.3 is 0 Å². The molecule has 0 bridgehead atoms. The molecule has 1 rings (SSSR count). The van der Waals surface area contributed by atoms with Gasteiger partial charge in [-0.1, -0.05) is 0 Å². The Morgan fingerprint density at radius 2 is 1.73 bits per heavy atom. The van der Waals surface area contributed by atoms with E-state index in [1.54, 1.807) is 19.9 Å². The Bertz CT molecular complexity index is 268. The topological polar surface area (TPSA) is 0 Å². The summed E-state index contributed by atoms with van der Waals surface area (Å²) in [5.41, 5.74) is 1.11. The number of rotatable bonds is 0. The van der Waals surface area contributed by atoms with Crippen LogP contribution in [0.1, 0.15) is 11.1 Å². The zero-order chi connectivity index (χ0) is 8.59. The predicted molar refractivity (Wildman–Crippen MR) is 43.5 cm³/mol. The average molecular weight is 221 g/mol. The van der Waals surface area contributed by atoms with Crippen molar-refractivity contribution in [2.75, 3.05) is 0 Å².